The number of carbonyl (C=O) groups excluding carboxylic acids is 1. The Morgan fingerprint density at radius 2 is 1.87 bits per heavy atom. The number of carbonyl (C=O) groups is 1. The number of pyridine rings is 1. The van der Waals surface area contributed by atoms with Crippen LogP contribution in [0.3, 0.4) is 0 Å². The van der Waals surface area contributed by atoms with Gasteiger partial charge in [-0.1, -0.05) is 0 Å². The summed E-state index contributed by atoms with van der Waals surface area (Å²) in [4.78, 5) is 20.2. The van der Waals surface area contributed by atoms with Crippen molar-refractivity contribution in [3.8, 4) is 16.3 Å². The van der Waals surface area contributed by atoms with Crippen molar-refractivity contribution in [2.24, 2.45) is 0 Å². The highest BCUT2D eigenvalue weighted by atomic mass is 32.1. The number of hydrogen-bond donors (Lipinski definition) is 0. The molecule has 2 aromatic heterocycles. The van der Waals surface area contributed by atoms with E-state index in [-0.39, 0.29) is 12.6 Å². The predicted molar refractivity (Wildman–Crippen MR) is 87.5 cm³/mol. The molecule has 6 heteroatoms. The number of methoxy groups -OCH3 is 1. The fourth-order valence-electron chi connectivity index (χ4n) is 1.95. The second-order valence-electron chi connectivity index (χ2n) is 4.68. The van der Waals surface area contributed by atoms with Crippen LogP contribution in [0, 0.1) is 0 Å². The summed E-state index contributed by atoms with van der Waals surface area (Å²) in [5.41, 5.74) is 2.20. The van der Waals surface area contributed by atoms with E-state index in [1.54, 1.807) is 31.6 Å². The van der Waals surface area contributed by atoms with Gasteiger partial charge in [-0.05, 0) is 36.4 Å². The first-order valence-electron chi connectivity index (χ1n) is 6.92. The molecule has 0 fully saturated rings. The van der Waals surface area contributed by atoms with Crippen LogP contribution in [0.5, 0.6) is 5.75 Å². The lowest BCUT2D eigenvalue weighted by Crippen LogP contribution is -2.05. The smallest absolute Gasteiger partial charge is 0.338 e. The Hall–Kier alpha value is -2.73. The van der Waals surface area contributed by atoms with Crippen LogP contribution in [-0.4, -0.2) is 23.0 Å². The van der Waals surface area contributed by atoms with Crippen molar-refractivity contribution in [1.82, 2.24) is 9.97 Å². The third-order valence-electron chi connectivity index (χ3n) is 3.16. The molecule has 5 nitrogen and oxygen atoms in total. The summed E-state index contributed by atoms with van der Waals surface area (Å²) in [5.74, 6) is 0.420. The minimum atomic E-state index is -0.383. The van der Waals surface area contributed by atoms with Crippen LogP contribution < -0.4 is 4.74 Å². The molecule has 0 spiro atoms. The first-order chi connectivity index (χ1) is 11.3. The fourth-order valence-corrected chi connectivity index (χ4v) is 2.76. The lowest BCUT2D eigenvalue weighted by Gasteiger charge is -2.02. The van der Waals surface area contributed by atoms with Crippen LogP contribution in [0.25, 0.3) is 10.6 Å². The van der Waals surface area contributed by atoms with Gasteiger partial charge in [-0.25, -0.2) is 9.78 Å². The molecule has 0 N–H and O–H groups in total. The Balaban J connectivity index is 1.64. The molecule has 0 aliphatic rings. The van der Waals surface area contributed by atoms with Crippen molar-refractivity contribution < 1.29 is 14.3 Å². The normalized spacial score (nSPS) is 10.3. The number of nitrogens with zero attached hydrogens (tertiary/aromatic N) is 2. The van der Waals surface area contributed by atoms with E-state index in [2.05, 4.69) is 9.97 Å². The van der Waals surface area contributed by atoms with E-state index in [9.17, 15) is 4.79 Å². The summed E-state index contributed by atoms with van der Waals surface area (Å²) in [6, 6.07) is 10.9. The number of aromatic nitrogens is 2. The zero-order valence-electron chi connectivity index (χ0n) is 12.4. The Morgan fingerprint density at radius 3 is 2.57 bits per heavy atom. The Morgan fingerprint density at radius 1 is 1.13 bits per heavy atom. The van der Waals surface area contributed by atoms with E-state index in [1.807, 2.05) is 29.6 Å². The maximum Gasteiger partial charge on any atom is 0.338 e. The first-order valence-corrected chi connectivity index (χ1v) is 7.80. The van der Waals surface area contributed by atoms with E-state index in [1.165, 1.54) is 11.3 Å². The van der Waals surface area contributed by atoms with Gasteiger partial charge in [0, 0.05) is 23.3 Å². The maximum absolute atomic E-state index is 11.9. The first kappa shape index (κ1) is 15.2. The molecule has 0 unspecified atom stereocenters. The molecule has 3 rings (SSSR count). The second-order valence-corrected chi connectivity index (χ2v) is 5.54. The maximum atomic E-state index is 11.9. The molecule has 0 aliphatic carbocycles. The minimum Gasteiger partial charge on any atom is -0.497 e. The highest BCUT2D eigenvalue weighted by Gasteiger charge is 2.09. The largest absolute Gasteiger partial charge is 0.497 e. The minimum absolute atomic E-state index is 0.147. The molecule has 0 atom stereocenters. The molecule has 0 radical (unpaired) electrons. The topological polar surface area (TPSA) is 61.3 Å². The molecule has 0 bridgehead atoms. The van der Waals surface area contributed by atoms with E-state index >= 15 is 0 Å². The number of rotatable bonds is 5. The van der Waals surface area contributed by atoms with Crippen molar-refractivity contribution in [3.05, 3.63) is 65.4 Å². The van der Waals surface area contributed by atoms with E-state index < -0.39 is 0 Å². The van der Waals surface area contributed by atoms with E-state index in [0.717, 1.165) is 22.0 Å². The van der Waals surface area contributed by atoms with Crippen LogP contribution in [0.15, 0.2) is 54.2 Å². The summed E-state index contributed by atoms with van der Waals surface area (Å²) in [5, 5.41) is 2.77. The number of hydrogen-bond acceptors (Lipinski definition) is 6. The molecular weight excluding hydrogens is 312 g/mol. The number of ether oxygens (including phenoxy) is 2. The quantitative estimate of drug-likeness (QED) is 0.671. The standard InChI is InChI=1S/C17H14N2O3S/c1-21-15-4-2-12(3-5-15)16-19-14(11-23-16)10-22-17(20)13-6-8-18-9-7-13/h2-9,11H,10H2,1H3. The summed E-state index contributed by atoms with van der Waals surface area (Å²) in [7, 11) is 1.63. The fraction of sp³-hybridized carbons (Fsp3) is 0.118. The lowest BCUT2D eigenvalue weighted by atomic mass is 10.2. The molecule has 0 saturated carbocycles. The van der Waals surface area contributed by atoms with Crippen LogP contribution in [-0.2, 0) is 11.3 Å². The lowest BCUT2D eigenvalue weighted by molar-refractivity contribution is 0.0468. The zero-order valence-corrected chi connectivity index (χ0v) is 13.2. The van der Waals surface area contributed by atoms with Gasteiger partial charge in [0.1, 0.15) is 17.4 Å². The monoisotopic (exact) mass is 326 g/mol. The summed E-state index contributed by atoms with van der Waals surface area (Å²) < 4.78 is 10.4. The average Bonchev–Trinajstić information content (AvgIpc) is 3.09. The van der Waals surface area contributed by atoms with Gasteiger partial charge in [-0.2, -0.15) is 0 Å². The number of thiazole rings is 1. The van der Waals surface area contributed by atoms with Gasteiger partial charge in [-0.3, -0.25) is 4.98 Å². The second kappa shape index (κ2) is 7.02. The van der Waals surface area contributed by atoms with Gasteiger partial charge >= 0.3 is 5.97 Å². The Bertz CT molecular complexity index is 785. The van der Waals surface area contributed by atoms with E-state index in [0.29, 0.717) is 5.56 Å². The number of esters is 1. The van der Waals surface area contributed by atoms with Gasteiger partial charge in [0.25, 0.3) is 0 Å². The van der Waals surface area contributed by atoms with Gasteiger partial charge in [0.2, 0.25) is 0 Å². The van der Waals surface area contributed by atoms with Gasteiger partial charge < -0.3 is 9.47 Å². The molecule has 23 heavy (non-hydrogen) atoms. The SMILES string of the molecule is COc1ccc(-c2nc(COC(=O)c3ccncc3)cs2)cc1. The van der Waals surface area contributed by atoms with Crippen LogP contribution in [0.4, 0.5) is 0 Å². The van der Waals surface area contributed by atoms with Crippen molar-refractivity contribution in [2.45, 2.75) is 6.61 Å². The van der Waals surface area contributed by atoms with Gasteiger partial charge in [-0.15, -0.1) is 11.3 Å². The molecular formula is C17H14N2O3S. The van der Waals surface area contributed by atoms with Crippen molar-refractivity contribution in [1.29, 1.82) is 0 Å². The predicted octanol–water partition coefficient (Wildman–Crippen LogP) is 3.57. The Kier molecular flexibility index (Phi) is 4.63. The molecule has 2 heterocycles. The molecule has 116 valence electrons. The summed E-state index contributed by atoms with van der Waals surface area (Å²) in [6.45, 7) is 0.147. The zero-order chi connectivity index (χ0) is 16.1. The molecule has 0 saturated heterocycles. The van der Waals surface area contributed by atoms with Crippen LogP contribution in [0.2, 0.25) is 0 Å². The average molecular weight is 326 g/mol. The molecule has 1 aromatic carbocycles. The summed E-state index contributed by atoms with van der Waals surface area (Å²) >= 11 is 1.51. The van der Waals surface area contributed by atoms with Crippen molar-refractivity contribution >= 4 is 17.3 Å². The van der Waals surface area contributed by atoms with Crippen molar-refractivity contribution in [2.75, 3.05) is 7.11 Å². The molecule has 3 aromatic rings. The Labute approximate surface area is 137 Å². The molecule has 0 aliphatic heterocycles. The van der Waals surface area contributed by atoms with Crippen LogP contribution in [0.1, 0.15) is 16.1 Å². The van der Waals surface area contributed by atoms with Crippen LogP contribution >= 0.6 is 11.3 Å². The third kappa shape index (κ3) is 3.73. The van der Waals surface area contributed by atoms with Gasteiger partial charge in [0.15, 0.2) is 0 Å². The number of benzene rings is 1. The van der Waals surface area contributed by atoms with E-state index in [4.69, 9.17) is 9.47 Å². The highest BCUT2D eigenvalue weighted by Crippen LogP contribution is 2.26. The van der Waals surface area contributed by atoms with Gasteiger partial charge in [0.05, 0.1) is 18.4 Å². The third-order valence-corrected chi connectivity index (χ3v) is 4.10. The summed E-state index contributed by atoms with van der Waals surface area (Å²) in [6.07, 6.45) is 3.11. The molecule has 0 amide bonds. The van der Waals surface area contributed by atoms with Crippen molar-refractivity contribution in [3.63, 3.8) is 0 Å². The highest BCUT2D eigenvalue weighted by molar-refractivity contribution is 7.13.